The molecule has 1 heteroatoms. The van der Waals surface area contributed by atoms with Crippen LogP contribution in [-0.2, 0) is 0 Å². The summed E-state index contributed by atoms with van der Waals surface area (Å²) in [6, 6.07) is 10.4. The first-order valence-electron chi connectivity index (χ1n) is 7.47. The third-order valence-corrected chi connectivity index (χ3v) is 3.12. The summed E-state index contributed by atoms with van der Waals surface area (Å²) in [5.41, 5.74) is 2.65. The maximum Gasteiger partial charge on any atom is 0.0389 e. The Bertz CT molecular complexity index is 458. The summed E-state index contributed by atoms with van der Waals surface area (Å²) in [4.78, 5) is 4.43. The fraction of sp³-hybridized carbons (Fsp3) is 0.421. The number of nitrogens with zero attached hydrogens (tertiary/aromatic N) is 1. The average Bonchev–Trinajstić information content (AvgIpc) is 2.41. The van der Waals surface area contributed by atoms with Gasteiger partial charge in [0.15, 0.2) is 0 Å². The molecule has 1 rings (SSSR count). The maximum atomic E-state index is 4.43. The molecule has 0 aliphatic rings. The fourth-order valence-electron chi connectivity index (χ4n) is 1.76. The molecule has 0 aliphatic carbocycles. The molecule has 0 unspecified atom stereocenters. The van der Waals surface area contributed by atoms with Crippen molar-refractivity contribution in [2.45, 2.75) is 40.5 Å². The first-order chi connectivity index (χ1) is 9.54. The van der Waals surface area contributed by atoms with Crippen LogP contribution in [0.25, 0.3) is 6.08 Å². The van der Waals surface area contributed by atoms with Crippen LogP contribution in [0.4, 0.5) is 0 Å². The van der Waals surface area contributed by atoms with Crippen LogP contribution >= 0.6 is 0 Å². The Morgan fingerprint density at radius 3 is 2.45 bits per heavy atom. The van der Waals surface area contributed by atoms with Gasteiger partial charge in [0, 0.05) is 12.8 Å². The number of benzene rings is 1. The van der Waals surface area contributed by atoms with E-state index in [4.69, 9.17) is 0 Å². The summed E-state index contributed by atoms with van der Waals surface area (Å²) in [5.74, 6) is 0. The largest absolute Gasteiger partial charge is 0.293 e. The highest BCUT2D eigenvalue weighted by atomic mass is 14.7. The van der Waals surface area contributed by atoms with Gasteiger partial charge < -0.3 is 0 Å². The molecule has 20 heavy (non-hydrogen) atoms. The second-order valence-electron chi connectivity index (χ2n) is 6.02. The lowest BCUT2D eigenvalue weighted by molar-refractivity contribution is 0.518. The second-order valence-corrected chi connectivity index (χ2v) is 6.02. The zero-order valence-corrected chi connectivity index (χ0v) is 13.3. The van der Waals surface area contributed by atoms with E-state index in [1.165, 1.54) is 17.6 Å². The van der Waals surface area contributed by atoms with Gasteiger partial charge in [-0.1, -0.05) is 76.6 Å². The Balaban J connectivity index is 2.78. The molecule has 0 aliphatic heterocycles. The summed E-state index contributed by atoms with van der Waals surface area (Å²) in [6.45, 7) is 9.80. The maximum absolute atomic E-state index is 4.43. The molecule has 0 fully saturated rings. The number of unbranched alkanes of at least 4 members (excludes halogenated alkanes) is 1. The quantitative estimate of drug-likeness (QED) is 0.365. The molecule has 0 spiro atoms. The Morgan fingerprint density at radius 2 is 1.85 bits per heavy atom. The minimum atomic E-state index is 0.127. The molecule has 0 bridgehead atoms. The number of hydrogen-bond acceptors (Lipinski definition) is 1. The standard InChI is InChI=1S/C19H27N/c1-5-6-15-20-16-14-18(19(2,3)4)13-12-17-10-8-7-9-11-17/h7-14,16H,5-6,15H2,1-4H3/b13-12+,18-14+,20-16?. The molecule has 1 aromatic carbocycles. The number of hydrogen-bond donors (Lipinski definition) is 0. The molecule has 0 aromatic heterocycles. The van der Waals surface area contributed by atoms with E-state index >= 15 is 0 Å². The Kier molecular flexibility index (Phi) is 7.00. The third kappa shape index (κ3) is 6.51. The van der Waals surface area contributed by atoms with Gasteiger partial charge in [-0.15, -0.1) is 0 Å². The van der Waals surface area contributed by atoms with Gasteiger partial charge >= 0.3 is 0 Å². The Morgan fingerprint density at radius 1 is 1.15 bits per heavy atom. The summed E-state index contributed by atoms with van der Waals surface area (Å²) in [5, 5.41) is 0. The SMILES string of the molecule is CCCCN=C/C=C(\C=C\c1ccccc1)C(C)(C)C. The molecule has 0 N–H and O–H groups in total. The van der Waals surface area contributed by atoms with Gasteiger partial charge in [0.25, 0.3) is 0 Å². The zero-order valence-electron chi connectivity index (χ0n) is 13.3. The van der Waals surface area contributed by atoms with Crippen LogP contribution in [0.3, 0.4) is 0 Å². The average molecular weight is 269 g/mol. The van der Waals surface area contributed by atoms with Gasteiger partial charge in [0.2, 0.25) is 0 Å². The highest BCUT2D eigenvalue weighted by Gasteiger charge is 2.13. The molecule has 0 saturated heterocycles. The lowest BCUT2D eigenvalue weighted by atomic mass is 9.85. The number of allylic oxidation sites excluding steroid dienone is 3. The van der Waals surface area contributed by atoms with Crippen molar-refractivity contribution in [3.8, 4) is 0 Å². The Labute approximate surface area is 124 Å². The van der Waals surface area contributed by atoms with Gasteiger partial charge in [0.05, 0.1) is 0 Å². The van der Waals surface area contributed by atoms with E-state index in [1.807, 2.05) is 12.3 Å². The van der Waals surface area contributed by atoms with Gasteiger partial charge in [-0.25, -0.2) is 0 Å². The van der Waals surface area contributed by atoms with E-state index in [2.05, 4.69) is 75.2 Å². The highest BCUT2D eigenvalue weighted by molar-refractivity contribution is 5.74. The van der Waals surface area contributed by atoms with E-state index < -0.39 is 0 Å². The molecule has 108 valence electrons. The third-order valence-electron chi connectivity index (χ3n) is 3.12. The first kappa shape index (κ1) is 16.4. The van der Waals surface area contributed by atoms with E-state index in [1.54, 1.807) is 0 Å². The van der Waals surface area contributed by atoms with Crippen LogP contribution in [-0.4, -0.2) is 12.8 Å². The fourth-order valence-corrected chi connectivity index (χ4v) is 1.76. The summed E-state index contributed by atoms with van der Waals surface area (Å²) < 4.78 is 0. The lowest BCUT2D eigenvalue weighted by Gasteiger charge is -2.19. The van der Waals surface area contributed by atoms with Crippen LogP contribution in [0, 0.1) is 5.41 Å². The van der Waals surface area contributed by atoms with Gasteiger partial charge in [-0.05, 0) is 29.0 Å². The van der Waals surface area contributed by atoms with Crippen molar-refractivity contribution in [3.05, 3.63) is 53.6 Å². The lowest BCUT2D eigenvalue weighted by Crippen LogP contribution is -2.07. The predicted octanol–water partition coefficient (Wildman–Crippen LogP) is 5.54. The van der Waals surface area contributed by atoms with Crippen molar-refractivity contribution < 1.29 is 0 Å². The molecule has 0 amide bonds. The van der Waals surface area contributed by atoms with E-state index in [0.717, 1.165) is 13.0 Å². The van der Waals surface area contributed by atoms with E-state index in [-0.39, 0.29) is 5.41 Å². The van der Waals surface area contributed by atoms with Crippen LogP contribution in [0.1, 0.15) is 46.1 Å². The highest BCUT2D eigenvalue weighted by Crippen LogP contribution is 2.26. The van der Waals surface area contributed by atoms with E-state index in [9.17, 15) is 0 Å². The topological polar surface area (TPSA) is 12.4 Å². The Hall–Kier alpha value is -1.63. The van der Waals surface area contributed by atoms with Gasteiger partial charge in [-0.3, -0.25) is 4.99 Å². The molecule has 0 heterocycles. The number of rotatable bonds is 6. The summed E-state index contributed by atoms with van der Waals surface area (Å²) in [6.07, 6.45) is 10.8. The molecule has 1 nitrogen and oxygen atoms in total. The van der Waals surface area contributed by atoms with Crippen LogP contribution in [0.2, 0.25) is 0 Å². The summed E-state index contributed by atoms with van der Waals surface area (Å²) in [7, 11) is 0. The van der Waals surface area contributed by atoms with Crippen molar-refractivity contribution in [2.24, 2.45) is 10.4 Å². The smallest absolute Gasteiger partial charge is 0.0389 e. The number of aliphatic imine (C=N–C) groups is 1. The minimum absolute atomic E-state index is 0.127. The molecule has 0 radical (unpaired) electrons. The van der Waals surface area contributed by atoms with Crippen molar-refractivity contribution >= 4 is 12.3 Å². The van der Waals surface area contributed by atoms with Crippen LogP contribution in [0.5, 0.6) is 0 Å². The van der Waals surface area contributed by atoms with Gasteiger partial charge in [-0.2, -0.15) is 0 Å². The normalized spacial score (nSPS) is 13.5. The summed E-state index contributed by atoms with van der Waals surface area (Å²) >= 11 is 0. The molecule has 1 aromatic rings. The molecular weight excluding hydrogens is 242 g/mol. The predicted molar refractivity (Wildman–Crippen MR) is 91.3 cm³/mol. The van der Waals surface area contributed by atoms with Crippen molar-refractivity contribution in [1.29, 1.82) is 0 Å². The van der Waals surface area contributed by atoms with Crippen LogP contribution < -0.4 is 0 Å². The minimum Gasteiger partial charge on any atom is -0.293 e. The monoisotopic (exact) mass is 269 g/mol. The van der Waals surface area contributed by atoms with Crippen LogP contribution in [0.15, 0.2) is 53.0 Å². The molecule has 0 saturated carbocycles. The molecule has 0 atom stereocenters. The van der Waals surface area contributed by atoms with Crippen molar-refractivity contribution in [3.63, 3.8) is 0 Å². The first-order valence-corrected chi connectivity index (χ1v) is 7.47. The van der Waals surface area contributed by atoms with Gasteiger partial charge in [0.1, 0.15) is 0 Å². The van der Waals surface area contributed by atoms with Crippen molar-refractivity contribution in [2.75, 3.05) is 6.54 Å². The molecular formula is C19H27N. The van der Waals surface area contributed by atoms with Crippen molar-refractivity contribution in [1.82, 2.24) is 0 Å². The second kappa shape index (κ2) is 8.52. The zero-order chi connectivity index (χ0) is 14.8. The van der Waals surface area contributed by atoms with E-state index in [0.29, 0.717) is 0 Å².